The number of carboxylic acids is 1. The number of hydrogen-bond acceptors (Lipinski definition) is 4. The van der Waals surface area contributed by atoms with E-state index in [-0.39, 0.29) is 25.0 Å². The molecular weight excluding hydrogens is 406 g/mol. The molecule has 1 N–H and O–H groups in total. The van der Waals surface area contributed by atoms with Crippen molar-refractivity contribution in [3.63, 3.8) is 0 Å². The summed E-state index contributed by atoms with van der Waals surface area (Å²) in [7, 11) is 0. The monoisotopic (exact) mass is 431 g/mol. The second-order valence-electron chi connectivity index (χ2n) is 8.56. The van der Waals surface area contributed by atoms with Crippen LogP contribution in [0.1, 0.15) is 36.3 Å². The number of benzene rings is 2. The maximum Gasteiger partial charge on any atom is 0.409 e. The first-order chi connectivity index (χ1) is 15.6. The number of carbonyl (C=O) groups excluding carboxylic acids is 1. The fraction of sp³-hybridized carbons (Fsp3) is 0.320. The highest BCUT2D eigenvalue weighted by Gasteiger charge is 2.40. The summed E-state index contributed by atoms with van der Waals surface area (Å²) in [6, 6.07) is 16.5. The van der Waals surface area contributed by atoms with Gasteiger partial charge in [0.1, 0.15) is 6.61 Å². The molecule has 7 nitrogen and oxygen atoms in total. The van der Waals surface area contributed by atoms with Crippen LogP contribution < -0.4 is 0 Å². The smallest absolute Gasteiger partial charge is 0.409 e. The number of rotatable bonds is 5. The summed E-state index contributed by atoms with van der Waals surface area (Å²) in [5, 5.41) is 9.43. The van der Waals surface area contributed by atoms with Crippen molar-refractivity contribution in [1.82, 2.24) is 14.5 Å². The van der Waals surface area contributed by atoms with Crippen LogP contribution in [0.5, 0.6) is 0 Å². The molecular formula is C25H25N3O4. The van der Waals surface area contributed by atoms with Gasteiger partial charge < -0.3 is 19.3 Å². The highest BCUT2D eigenvalue weighted by molar-refractivity contribution is 5.79. The third kappa shape index (κ3) is 3.53. The van der Waals surface area contributed by atoms with Gasteiger partial charge in [-0.1, -0.05) is 48.5 Å². The normalized spacial score (nSPS) is 16.9. The predicted octanol–water partition coefficient (Wildman–Crippen LogP) is 4.10. The molecule has 1 saturated heterocycles. The molecule has 1 fully saturated rings. The van der Waals surface area contributed by atoms with E-state index in [1.165, 1.54) is 22.3 Å². The van der Waals surface area contributed by atoms with Gasteiger partial charge in [0.15, 0.2) is 0 Å². The van der Waals surface area contributed by atoms with Gasteiger partial charge in [-0.15, -0.1) is 0 Å². The number of imidazole rings is 1. The highest BCUT2D eigenvalue weighted by Crippen LogP contribution is 2.44. The summed E-state index contributed by atoms with van der Waals surface area (Å²) in [6.45, 7) is 1.18. The van der Waals surface area contributed by atoms with Gasteiger partial charge in [-0.05, 0) is 35.1 Å². The first kappa shape index (κ1) is 20.3. The number of carbonyl (C=O) groups is 2. The molecule has 2 aromatic carbocycles. The van der Waals surface area contributed by atoms with Crippen LogP contribution in [0.3, 0.4) is 0 Å². The molecule has 1 aliphatic heterocycles. The number of aliphatic carboxylic acids is 1. The van der Waals surface area contributed by atoms with Crippen molar-refractivity contribution in [2.24, 2.45) is 0 Å². The number of aromatic nitrogens is 2. The SMILES string of the molecule is O=C(O)CC1(n2ccnc2)CCN(C(=O)OCC2c3ccccc3-c3ccccc32)CC1. The van der Waals surface area contributed by atoms with Crippen molar-refractivity contribution in [3.05, 3.63) is 78.4 Å². The van der Waals surface area contributed by atoms with Gasteiger partial charge in [0.05, 0.1) is 18.3 Å². The number of hydrogen-bond donors (Lipinski definition) is 1. The van der Waals surface area contributed by atoms with Crippen molar-refractivity contribution < 1.29 is 19.4 Å². The molecule has 0 bridgehead atoms. The quantitative estimate of drug-likeness (QED) is 0.658. The molecule has 2 heterocycles. The summed E-state index contributed by atoms with van der Waals surface area (Å²) in [5.41, 5.74) is 4.19. The standard InChI is InChI=1S/C25H25N3O4/c29-23(30)15-25(28-14-11-26-17-28)9-12-27(13-10-25)24(31)32-16-22-20-7-3-1-5-18(20)19-6-2-4-8-21(19)22/h1-8,11,14,17,22H,9-10,12-13,15-16H2,(H,29,30). The topological polar surface area (TPSA) is 84.7 Å². The Kier molecular flexibility index (Phi) is 5.17. The average Bonchev–Trinajstić information content (AvgIpc) is 3.45. The molecule has 2 aliphatic rings. The predicted molar refractivity (Wildman–Crippen MR) is 118 cm³/mol. The van der Waals surface area contributed by atoms with E-state index in [1.54, 1.807) is 23.6 Å². The highest BCUT2D eigenvalue weighted by atomic mass is 16.6. The van der Waals surface area contributed by atoms with Crippen LogP contribution in [0, 0.1) is 0 Å². The van der Waals surface area contributed by atoms with Gasteiger partial charge in [-0.2, -0.15) is 0 Å². The second kappa shape index (κ2) is 8.15. The van der Waals surface area contributed by atoms with Crippen LogP contribution in [-0.2, 0) is 15.1 Å². The summed E-state index contributed by atoms with van der Waals surface area (Å²) in [5.74, 6) is -0.832. The van der Waals surface area contributed by atoms with Crippen molar-refractivity contribution in [2.45, 2.75) is 30.7 Å². The lowest BCUT2D eigenvalue weighted by molar-refractivity contribution is -0.140. The molecule has 1 amide bonds. The molecule has 5 rings (SSSR count). The Labute approximate surface area is 186 Å². The minimum atomic E-state index is -0.853. The molecule has 32 heavy (non-hydrogen) atoms. The van der Waals surface area contributed by atoms with Crippen LogP contribution >= 0.6 is 0 Å². The lowest BCUT2D eigenvalue weighted by atomic mass is 9.84. The lowest BCUT2D eigenvalue weighted by Crippen LogP contribution is -2.49. The van der Waals surface area contributed by atoms with Crippen LogP contribution in [0.25, 0.3) is 11.1 Å². The molecule has 3 aromatic rings. The molecule has 1 aromatic heterocycles. The van der Waals surface area contributed by atoms with Gasteiger partial charge >= 0.3 is 12.1 Å². The molecule has 0 spiro atoms. The largest absolute Gasteiger partial charge is 0.481 e. The average molecular weight is 431 g/mol. The van der Waals surface area contributed by atoms with E-state index in [0.29, 0.717) is 25.9 Å². The molecule has 0 unspecified atom stereocenters. The Balaban J connectivity index is 1.26. The molecule has 7 heteroatoms. The first-order valence-corrected chi connectivity index (χ1v) is 10.9. The van der Waals surface area contributed by atoms with E-state index in [0.717, 1.165) is 0 Å². The molecule has 0 radical (unpaired) electrons. The molecule has 164 valence electrons. The third-order valence-electron chi connectivity index (χ3n) is 6.82. The van der Waals surface area contributed by atoms with Crippen LogP contribution in [0.15, 0.2) is 67.3 Å². The zero-order valence-electron chi connectivity index (χ0n) is 17.7. The fourth-order valence-electron chi connectivity index (χ4n) is 5.14. The summed E-state index contributed by atoms with van der Waals surface area (Å²) in [6.07, 6.45) is 5.85. The Morgan fingerprint density at radius 3 is 2.22 bits per heavy atom. The van der Waals surface area contributed by atoms with Gasteiger partial charge in [0, 0.05) is 31.4 Å². The van der Waals surface area contributed by atoms with Crippen LogP contribution in [-0.4, -0.2) is 51.3 Å². The number of fused-ring (bicyclic) bond motifs is 3. The lowest BCUT2D eigenvalue weighted by Gasteiger charge is -2.41. The maximum atomic E-state index is 12.9. The van der Waals surface area contributed by atoms with Crippen LogP contribution in [0.4, 0.5) is 4.79 Å². The van der Waals surface area contributed by atoms with E-state index >= 15 is 0 Å². The van der Waals surface area contributed by atoms with E-state index in [1.807, 2.05) is 28.8 Å². The van der Waals surface area contributed by atoms with E-state index in [2.05, 4.69) is 29.2 Å². The summed E-state index contributed by atoms with van der Waals surface area (Å²) >= 11 is 0. The van der Waals surface area contributed by atoms with E-state index < -0.39 is 11.5 Å². The zero-order valence-corrected chi connectivity index (χ0v) is 17.7. The van der Waals surface area contributed by atoms with Gasteiger partial charge in [-0.3, -0.25) is 4.79 Å². The summed E-state index contributed by atoms with van der Waals surface area (Å²) in [4.78, 5) is 30.1. The number of piperidine rings is 1. The first-order valence-electron chi connectivity index (χ1n) is 10.9. The van der Waals surface area contributed by atoms with Crippen molar-refractivity contribution in [2.75, 3.05) is 19.7 Å². The molecule has 0 atom stereocenters. The van der Waals surface area contributed by atoms with Gasteiger partial charge in [-0.25, -0.2) is 9.78 Å². The maximum absolute atomic E-state index is 12.9. The minimum Gasteiger partial charge on any atom is -0.481 e. The zero-order chi connectivity index (χ0) is 22.1. The minimum absolute atomic E-state index is 0.00187. The molecule has 0 saturated carbocycles. The van der Waals surface area contributed by atoms with Crippen molar-refractivity contribution in [1.29, 1.82) is 0 Å². The van der Waals surface area contributed by atoms with E-state index in [9.17, 15) is 14.7 Å². The fourth-order valence-corrected chi connectivity index (χ4v) is 5.14. The van der Waals surface area contributed by atoms with Crippen molar-refractivity contribution >= 4 is 12.1 Å². The number of carboxylic acid groups (broad SMARTS) is 1. The third-order valence-corrected chi connectivity index (χ3v) is 6.82. The Bertz CT molecular complexity index is 1090. The Hall–Kier alpha value is -3.61. The Morgan fingerprint density at radius 2 is 1.66 bits per heavy atom. The second-order valence-corrected chi connectivity index (χ2v) is 8.56. The summed E-state index contributed by atoms with van der Waals surface area (Å²) < 4.78 is 7.64. The number of amides is 1. The van der Waals surface area contributed by atoms with Crippen LogP contribution in [0.2, 0.25) is 0 Å². The van der Waals surface area contributed by atoms with Gasteiger partial charge in [0.25, 0.3) is 0 Å². The molecule has 1 aliphatic carbocycles. The Morgan fingerprint density at radius 1 is 1.03 bits per heavy atom. The number of likely N-dealkylation sites (tertiary alicyclic amines) is 1. The van der Waals surface area contributed by atoms with E-state index in [4.69, 9.17) is 4.74 Å². The van der Waals surface area contributed by atoms with Crippen molar-refractivity contribution in [3.8, 4) is 11.1 Å². The van der Waals surface area contributed by atoms with Gasteiger partial charge in [0.2, 0.25) is 0 Å². The number of ether oxygens (including phenoxy) is 1. The number of nitrogens with zero attached hydrogens (tertiary/aromatic N) is 3.